The maximum atomic E-state index is 12.4. The van der Waals surface area contributed by atoms with E-state index in [0.717, 1.165) is 37.9 Å². The first-order valence-corrected chi connectivity index (χ1v) is 9.57. The molecule has 1 aromatic rings. The molecule has 6 heteroatoms. The van der Waals surface area contributed by atoms with Gasteiger partial charge in [-0.25, -0.2) is 0 Å². The van der Waals surface area contributed by atoms with Gasteiger partial charge in [0.1, 0.15) is 0 Å². The Hall–Kier alpha value is -1.59. The number of hydrogen-bond acceptors (Lipinski definition) is 3. The van der Waals surface area contributed by atoms with Crippen molar-refractivity contribution in [2.75, 3.05) is 26.2 Å². The van der Waals surface area contributed by atoms with E-state index < -0.39 is 0 Å². The van der Waals surface area contributed by atoms with Gasteiger partial charge in [0.2, 0.25) is 5.91 Å². The van der Waals surface area contributed by atoms with Gasteiger partial charge in [0.25, 0.3) is 5.91 Å². The zero-order valence-corrected chi connectivity index (χ0v) is 16.1. The second-order valence-corrected chi connectivity index (χ2v) is 7.23. The number of piperidine rings is 2. The summed E-state index contributed by atoms with van der Waals surface area (Å²) < 4.78 is 0. The van der Waals surface area contributed by atoms with E-state index in [4.69, 9.17) is 0 Å². The molecule has 2 fully saturated rings. The molecular weight excluding hydrogens is 350 g/mol. The highest BCUT2D eigenvalue weighted by Gasteiger charge is 2.24. The third-order valence-electron chi connectivity index (χ3n) is 5.41. The van der Waals surface area contributed by atoms with E-state index in [1.54, 1.807) is 0 Å². The Morgan fingerprint density at radius 1 is 1.04 bits per heavy atom. The van der Waals surface area contributed by atoms with Crippen molar-refractivity contribution < 1.29 is 9.59 Å². The van der Waals surface area contributed by atoms with E-state index in [2.05, 4.69) is 10.6 Å². The third kappa shape index (κ3) is 5.99. The lowest BCUT2D eigenvalue weighted by Crippen LogP contribution is -2.46. The van der Waals surface area contributed by atoms with Crippen molar-refractivity contribution in [1.82, 2.24) is 15.5 Å². The standard InChI is InChI=1S/C20H29N3O2.ClH/c24-19(7-6-16-8-12-21-13-9-16)22-18-10-14-23(15-11-18)20(25)17-4-2-1-3-5-17;/h1-5,16,18,21H,6-15H2,(H,22,24);1H. The summed E-state index contributed by atoms with van der Waals surface area (Å²) in [6.45, 7) is 3.60. The SMILES string of the molecule is Cl.O=C(CCC1CCNCC1)NC1CCN(C(=O)c2ccccc2)CC1. The number of halogens is 1. The van der Waals surface area contributed by atoms with Crippen LogP contribution in [0.2, 0.25) is 0 Å². The second kappa shape index (κ2) is 10.5. The minimum atomic E-state index is 0. The Balaban J connectivity index is 0.00000243. The van der Waals surface area contributed by atoms with Gasteiger partial charge >= 0.3 is 0 Å². The molecule has 0 unspecified atom stereocenters. The number of amides is 2. The average Bonchev–Trinajstić information content (AvgIpc) is 2.68. The molecule has 0 radical (unpaired) electrons. The lowest BCUT2D eigenvalue weighted by atomic mass is 9.93. The van der Waals surface area contributed by atoms with Gasteiger partial charge in [-0.2, -0.15) is 0 Å². The van der Waals surface area contributed by atoms with Gasteiger partial charge in [-0.15, -0.1) is 12.4 Å². The number of hydrogen-bond donors (Lipinski definition) is 2. The van der Waals surface area contributed by atoms with Crippen molar-refractivity contribution in [2.24, 2.45) is 5.92 Å². The molecule has 0 bridgehead atoms. The fourth-order valence-electron chi connectivity index (χ4n) is 3.80. The van der Waals surface area contributed by atoms with Crippen LogP contribution in [0.25, 0.3) is 0 Å². The van der Waals surface area contributed by atoms with Gasteiger partial charge in [0, 0.05) is 31.1 Å². The fourth-order valence-corrected chi connectivity index (χ4v) is 3.80. The molecule has 1 aromatic carbocycles. The van der Waals surface area contributed by atoms with Crippen LogP contribution in [0.3, 0.4) is 0 Å². The Kier molecular flexibility index (Phi) is 8.39. The van der Waals surface area contributed by atoms with Crippen molar-refractivity contribution in [3.8, 4) is 0 Å². The smallest absolute Gasteiger partial charge is 0.253 e. The predicted molar refractivity (Wildman–Crippen MR) is 106 cm³/mol. The lowest BCUT2D eigenvalue weighted by Gasteiger charge is -2.32. The molecule has 26 heavy (non-hydrogen) atoms. The molecule has 0 spiro atoms. The van der Waals surface area contributed by atoms with E-state index in [-0.39, 0.29) is 30.3 Å². The molecule has 2 aliphatic heterocycles. The topological polar surface area (TPSA) is 61.4 Å². The minimum Gasteiger partial charge on any atom is -0.353 e. The summed E-state index contributed by atoms with van der Waals surface area (Å²) in [5, 5.41) is 6.53. The minimum absolute atomic E-state index is 0. The van der Waals surface area contributed by atoms with Crippen LogP contribution in [0.5, 0.6) is 0 Å². The maximum absolute atomic E-state index is 12.4. The first kappa shape index (κ1) is 20.7. The molecule has 144 valence electrons. The molecule has 2 heterocycles. The van der Waals surface area contributed by atoms with Crippen molar-refractivity contribution in [2.45, 2.75) is 44.6 Å². The summed E-state index contributed by atoms with van der Waals surface area (Å²) in [5.74, 6) is 0.958. The molecular formula is C20H30ClN3O2. The normalized spacial score (nSPS) is 18.8. The van der Waals surface area contributed by atoms with E-state index in [1.165, 1.54) is 12.8 Å². The highest BCUT2D eigenvalue weighted by Crippen LogP contribution is 2.18. The van der Waals surface area contributed by atoms with Crippen molar-refractivity contribution in [1.29, 1.82) is 0 Å². The summed E-state index contributed by atoms with van der Waals surface area (Å²) in [6, 6.07) is 9.63. The summed E-state index contributed by atoms with van der Waals surface area (Å²) in [6.07, 6.45) is 5.70. The molecule has 0 saturated carbocycles. The summed E-state index contributed by atoms with van der Waals surface area (Å²) >= 11 is 0. The van der Waals surface area contributed by atoms with Crippen LogP contribution < -0.4 is 10.6 Å². The van der Waals surface area contributed by atoms with Crippen LogP contribution in [-0.4, -0.2) is 48.9 Å². The molecule has 3 rings (SSSR count). The number of carbonyl (C=O) groups excluding carboxylic acids is 2. The van der Waals surface area contributed by atoms with Gasteiger partial charge in [-0.1, -0.05) is 18.2 Å². The van der Waals surface area contributed by atoms with Crippen LogP contribution >= 0.6 is 12.4 Å². The van der Waals surface area contributed by atoms with E-state index in [0.29, 0.717) is 25.4 Å². The second-order valence-electron chi connectivity index (χ2n) is 7.23. The van der Waals surface area contributed by atoms with Gasteiger partial charge in [-0.05, 0) is 63.2 Å². The quantitative estimate of drug-likeness (QED) is 0.826. The molecule has 0 aliphatic carbocycles. The van der Waals surface area contributed by atoms with E-state index in [1.807, 2.05) is 35.2 Å². The Morgan fingerprint density at radius 3 is 2.35 bits per heavy atom. The maximum Gasteiger partial charge on any atom is 0.253 e. The molecule has 2 aliphatic rings. The van der Waals surface area contributed by atoms with Crippen molar-refractivity contribution in [3.63, 3.8) is 0 Å². The van der Waals surface area contributed by atoms with Gasteiger partial charge in [-0.3, -0.25) is 9.59 Å². The molecule has 2 saturated heterocycles. The van der Waals surface area contributed by atoms with Crippen LogP contribution in [0.1, 0.15) is 48.9 Å². The van der Waals surface area contributed by atoms with Crippen LogP contribution in [0.4, 0.5) is 0 Å². The number of nitrogens with zero attached hydrogens (tertiary/aromatic N) is 1. The van der Waals surface area contributed by atoms with Crippen LogP contribution in [0, 0.1) is 5.92 Å². The number of carbonyl (C=O) groups is 2. The Labute approximate surface area is 162 Å². The highest BCUT2D eigenvalue weighted by molar-refractivity contribution is 5.94. The molecule has 5 nitrogen and oxygen atoms in total. The monoisotopic (exact) mass is 379 g/mol. The van der Waals surface area contributed by atoms with Crippen molar-refractivity contribution >= 4 is 24.2 Å². The molecule has 2 amide bonds. The predicted octanol–water partition coefficient (Wildman–Crippen LogP) is 2.61. The van der Waals surface area contributed by atoms with Crippen LogP contribution in [-0.2, 0) is 4.79 Å². The first-order chi connectivity index (χ1) is 12.2. The van der Waals surface area contributed by atoms with Gasteiger partial charge < -0.3 is 15.5 Å². The van der Waals surface area contributed by atoms with Gasteiger partial charge in [0.15, 0.2) is 0 Å². The zero-order chi connectivity index (χ0) is 17.5. The summed E-state index contributed by atoms with van der Waals surface area (Å²) in [5.41, 5.74) is 0.743. The highest BCUT2D eigenvalue weighted by atomic mass is 35.5. The number of likely N-dealkylation sites (tertiary alicyclic amines) is 1. The number of rotatable bonds is 5. The first-order valence-electron chi connectivity index (χ1n) is 9.57. The van der Waals surface area contributed by atoms with E-state index >= 15 is 0 Å². The largest absolute Gasteiger partial charge is 0.353 e. The summed E-state index contributed by atoms with van der Waals surface area (Å²) in [7, 11) is 0. The molecule has 0 atom stereocenters. The Morgan fingerprint density at radius 2 is 1.69 bits per heavy atom. The van der Waals surface area contributed by atoms with Crippen molar-refractivity contribution in [3.05, 3.63) is 35.9 Å². The molecule has 2 N–H and O–H groups in total. The summed E-state index contributed by atoms with van der Waals surface area (Å²) in [4.78, 5) is 26.5. The van der Waals surface area contributed by atoms with Gasteiger partial charge in [0.05, 0.1) is 0 Å². The number of nitrogens with one attached hydrogen (secondary N) is 2. The van der Waals surface area contributed by atoms with Crippen LogP contribution in [0.15, 0.2) is 30.3 Å². The number of benzene rings is 1. The van der Waals surface area contributed by atoms with E-state index in [9.17, 15) is 9.59 Å². The molecule has 0 aromatic heterocycles. The lowest BCUT2D eigenvalue weighted by molar-refractivity contribution is -0.122. The fraction of sp³-hybridized carbons (Fsp3) is 0.600. The average molecular weight is 380 g/mol. The zero-order valence-electron chi connectivity index (χ0n) is 15.3. The third-order valence-corrected chi connectivity index (χ3v) is 5.41. The Bertz CT molecular complexity index is 568.